The molecule has 108 valence electrons. The van der Waals surface area contributed by atoms with Crippen LogP contribution in [0.3, 0.4) is 0 Å². The van der Waals surface area contributed by atoms with Crippen molar-refractivity contribution in [3.63, 3.8) is 0 Å². The van der Waals surface area contributed by atoms with Crippen LogP contribution in [-0.2, 0) is 0 Å². The zero-order chi connectivity index (χ0) is 15.1. The summed E-state index contributed by atoms with van der Waals surface area (Å²) >= 11 is 5.96. The van der Waals surface area contributed by atoms with Gasteiger partial charge in [-0.25, -0.2) is 4.98 Å². The van der Waals surface area contributed by atoms with E-state index in [0.29, 0.717) is 22.2 Å². The molecule has 2 aromatic heterocycles. The number of aromatic hydroxyl groups is 1. The molecule has 0 aliphatic carbocycles. The summed E-state index contributed by atoms with van der Waals surface area (Å²) in [4.78, 5) is 4.51. The fourth-order valence-corrected chi connectivity index (χ4v) is 2.40. The number of phenols is 1. The van der Waals surface area contributed by atoms with Gasteiger partial charge in [0.05, 0.1) is 16.7 Å². The fraction of sp³-hybridized carbons (Fsp3) is 0. The molecule has 0 atom stereocenters. The van der Waals surface area contributed by atoms with Crippen LogP contribution in [0.25, 0.3) is 16.7 Å². The molecule has 7 nitrogen and oxygen atoms in total. The third kappa shape index (κ3) is 1.99. The number of para-hydroxylation sites is 2. The Bertz CT molecular complexity index is 999. The standard InChI is InChI=1S/C14H9ClN6O/c15-8-5-6-12(22)10(7-8)17-13-14-18-19-20-21(14)11-4-2-1-3-9(11)16-13/h1-7,22H,(H,16,17). The zero-order valence-electron chi connectivity index (χ0n) is 11.1. The number of fused-ring (bicyclic) bond motifs is 3. The number of tetrazole rings is 1. The predicted molar refractivity (Wildman–Crippen MR) is 82.5 cm³/mol. The van der Waals surface area contributed by atoms with Crippen LogP contribution < -0.4 is 5.32 Å². The molecule has 0 aliphatic heterocycles. The Morgan fingerprint density at radius 1 is 1.14 bits per heavy atom. The SMILES string of the molecule is Oc1ccc(Cl)cc1Nc1nc2ccccc2n2nnnc12. The highest BCUT2D eigenvalue weighted by Crippen LogP contribution is 2.30. The van der Waals surface area contributed by atoms with Gasteiger partial charge in [0.25, 0.3) is 0 Å². The molecule has 4 aromatic rings. The normalized spacial score (nSPS) is 11.1. The van der Waals surface area contributed by atoms with Gasteiger partial charge in [-0.3, -0.25) is 0 Å². The highest BCUT2D eigenvalue weighted by Gasteiger charge is 2.13. The molecular weight excluding hydrogens is 304 g/mol. The number of hydrogen-bond donors (Lipinski definition) is 2. The number of nitrogens with zero attached hydrogens (tertiary/aromatic N) is 5. The second-order valence-corrected chi connectivity index (χ2v) is 5.09. The quantitative estimate of drug-likeness (QED) is 0.553. The maximum atomic E-state index is 9.92. The minimum atomic E-state index is 0.0602. The smallest absolute Gasteiger partial charge is 0.222 e. The third-order valence-electron chi connectivity index (χ3n) is 3.24. The van der Waals surface area contributed by atoms with Crippen molar-refractivity contribution in [2.24, 2.45) is 0 Å². The van der Waals surface area contributed by atoms with Crippen LogP contribution in [-0.4, -0.2) is 30.1 Å². The Balaban J connectivity index is 1.93. The van der Waals surface area contributed by atoms with E-state index in [-0.39, 0.29) is 5.75 Å². The first kappa shape index (κ1) is 12.8. The highest BCUT2D eigenvalue weighted by atomic mass is 35.5. The second kappa shape index (κ2) is 4.81. The number of aromatic nitrogens is 5. The van der Waals surface area contributed by atoms with Gasteiger partial charge >= 0.3 is 0 Å². The van der Waals surface area contributed by atoms with Crippen LogP contribution >= 0.6 is 11.6 Å². The van der Waals surface area contributed by atoms with Gasteiger partial charge in [0.2, 0.25) is 5.65 Å². The second-order valence-electron chi connectivity index (χ2n) is 4.65. The van der Waals surface area contributed by atoms with Crippen LogP contribution in [0.5, 0.6) is 5.75 Å². The van der Waals surface area contributed by atoms with E-state index < -0.39 is 0 Å². The Kier molecular flexibility index (Phi) is 2.80. The van der Waals surface area contributed by atoms with Gasteiger partial charge in [-0.15, -0.1) is 5.10 Å². The Hall–Kier alpha value is -2.93. The molecule has 8 heteroatoms. The summed E-state index contributed by atoms with van der Waals surface area (Å²) in [5.74, 6) is 0.492. The summed E-state index contributed by atoms with van der Waals surface area (Å²) in [5.41, 5.74) is 2.41. The first-order chi connectivity index (χ1) is 10.7. The summed E-state index contributed by atoms with van der Waals surface area (Å²) in [6, 6.07) is 12.2. The number of anilines is 2. The summed E-state index contributed by atoms with van der Waals surface area (Å²) in [5, 5.41) is 25.1. The first-order valence-corrected chi connectivity index (χ1v) is 6.82. The van der Waals surface area contributed by atoms with Crippen LogP contribution in [0.15, 0.2) is 42.5 Å². The minimum Gasteiger partial charge on any atom is -0.506 e. The lowest BCUT2D eigenvalue weighted by Crippen LogP contribution is -2.01. The van der Waals surface area contributed by atoms with Crippen molar-refractivity contribution in [1.82, 2.24) is 25.0 Å². The number of rotatable bonds is 2. The summed E-state index contributed by atoms with van der Waals surface area (Å²) in [6.45, 7) is 0. The summed E-state index contributed by atoms with van der Waals surface area (Å²) < 4.78 is 1.59. The number of phenolic OH excluding ortho intramolecular Hbond substituents is 1. The van der Waals surface area contributed by atoms with E-state index >= 15 is 0 Å². The molecule has 0 amide bonds. The number of hydrogen-bond acceptors (Lipinski definition) is 6. The molecule has 0 unspecified atom stereocenters. The van der Waals surface area contributed by atoms with Gasteiger partial charge in [-0.1, -0.05) is 23.7 Å². The van der Waals surface area contributed by atoms with E-state index in [2.05, 4.69) is 25.8 Å². The van der Waals surface area contributed by atoms with Gasteiger partial charge in [0, 0.05) is 5.02 Å². The molecule has 0 radical (unpaired) electrons. The summed E-state index contributed by atoms with van der Waals surface area (Å²) in [7, 11) is 0. The van der Waals surface area contributed by atoms with Crippen molar-refractivity contribution in [3.05, 3.63) is 47.5 Å². The minimum absolute atomic E-state index is 0.0602. The maximum Gasteiger partial charge on any atom is 0.222 e. The van der Waals surface area contributed by atoms with Crippen molar-refractivity contribution in [3.8, 4) is 5.75 Å². The Morgan fingerprint density at radius 3 is 2.91 bits per heavy atom. The summed E-state index contributed by atoms with van der Waals surface area (Å²) in [6.07, 6.45) is 0. The predicted octanol–water partition coefficient (Wildman–Crippen LogP) is 2.78. The van der Waals surface area contributed by atoms with E-state index in [4.69, 9.17) is 11.6 Å². The van der Waals surface area contributed by atoms with Crippen LogP contribution in [0.4, 0.5) is 11.5 Å². The number of benzene rings is 2. The monoisotopic (exact) mass is 312 g/mol. The lowest BCUT2D eigenvalue weighted by Gasteiger charge is -2.09. The molecule has 0 saturated heterocycles. The third-order valence-corrected chi connectivity index (χ3v) is 3.47. The van der Waals surface area contributed by atoms with Crippen molar-refractivity contribution in [1.29, 1.82) is 0 Å². The average Bonchev–Trinajstić information content (AvgIpc) is 3.01. The number of halogens is 1. The molecule has 22 heavy (non-hydrogen) atoms. The van der Waals surface area contributed by atoms with Crippen LogP contribution in [0.1, 0.15) is 0 Å². The van der Waals surface area contributed by atoms with Crippen LogP contribution in [0.2, 0.25) is 5.02 Å². The van der Waals surface area contributed by atoms with E-state index in [1.807, 2.05) is 24.3 Å². The average molecular weight is 313 g/mol. The van der Waals surface area contributed by atoms with Crippen molar-refractivity contribution >= 4 is 39.8 Å². The lowest BCUT2D eigenvalue weighted by atomic mass is 10.3. The molecule has 4 rings (SSSR count). The van der Waals surface area contributed by atoms with Crippen molar-refractivity contribution in [2.75, 3.05) is 5.32 Å². The molecule has 2 aromatic carbocycles. The van der Waals surface area contributed by atoms with Gasteiger partial charge in [0.15, 0.2) is 5.82 Å². The van der Waals surface area contributed by atoms with E-state index in [1.165, 1.54) is 6.07 Å². The van der Waals surface area contributed by atoms with E-state index in [1.54, 1.807) is 16.6 Å². The van der Waals surface area contributed by atoms with Gasteiger partial charge < -0.3 is 10.4 Å². The lowest BCUT2D eigenvalue weighted by molar-refractivity contribution is 0.478. The van der Waals surface area contributed by atoms with Crippen molar-refractivity contribution < 1.29 is 5.11 Å². The molecule has 0 saturated carbocycles. The molecule has 0 fully saturated rings. The van der Waals surface area contributed by atoms with Gasteiger partial charge in [-0.05, 0) is 40.8 Å². The topological polar surface area (TPSA) is 88.2 Å². The van der Waals surface area contributed by atoms with E-state index in [9.17, 15) is 5.11 Å². The van der Waals surface area contributed by atoms with Crippen molar-refractivity contribution in [2.45, 2.75) is 0 Å². The number of nitrogens with one attached hydrogen (secondary N) is 1. The van der Waals surface area contributed by atoms with E-state index in [0.717, 1.165) is 11.0 Å². The van der Waals surface area contributed by atoms with Crippen LogP contribution in [0, 0.1) is 0 Å². The first-order valence-electron chi connectivity index (χ1n) is 6.45. The Morgan fingerprint density at radius 2 is 2.00 bits per heavy atom. The highest BCUT2D eigenvalue weighted by molar-refractivity contribution is 6.31. The maximum absolute atomic E-state index is 9.92. The van der Waals surface area contributed by atoms with Gasteiger partial charge in [0.1, 0.15) is 5.75 Å². The molecule has 2 N–H and O–H groups in total. The Labute approximate surface area is 129 Å². The molecule has 2 heterocycles. The van der Waals surface area contributed by atoms with Gasteiger partial charge in [-0.2, -0.15) is 4.52 Å². The zero-order valence-corrected chi connectivity index (χ0v) is 11.9. The largest absolute Gasteiger partial charge is 0.506 e. The molecular formula is C14H9ClN6O. The fourth-order valence-electron chi connectivity index (χ4n) is 2.23. The molecule has 0 aliphatic rings. The molecule has 0 spiro atoms. The molecule has 0 bridgehead atoms.